The summed E-state index contributed by atoms with van der Waals surface area (Å²) in [7, 11) is 0. The molecule has 4 heteroatoms. The molecule has 0 aliphatic carbocycles. The summed E-state index contributed by atoms with van der Waals surface area (Å²) >= 11 is 1.88. The number of carbonyl (C=O) groups is 1. The standard InChI is InChI=1S/C11H21NO2S/c1-10(2,3)14-9(13)11(8-12)4-6-15-7-5-11/h4-8,12H2,1-3H3. The Morgan fingerprint density at radius 3 is 2.33 bits per heavy atom. The second-order valence-electron chi connectivity index (χ2n) is 5.10. The van der Waals surface area contributed by atoms with Gasteiger partial charge in [-0.3, -0.25) is 4.79 Å². The lowest BCUT2D eigenvalue weighted by Gasteiger charge is -2.35. The molecule has 1 aliphatic heterocycles. The van der Waals surface area contributed by atoms with Gasteiger partial charge in [0.2, 0.25) is 0 Å². The first-order valence-corrected chi connectivity index (χ1v) is 6.56. The summed E-state index contributed by atoms with van der Waals surface area (Å²) in [6.45, 7) is 6.09. The van der Waals surface area contributed by atoms with E-state index in [2.05, 4.69) is 0 Å². The van der Waals surface area contributed by atoms with Crippen molar-refractivity contribution in [3.63, 3.8) is 0 Å². The van der Waals surface area contributed by atoms with Crippen LogP contribution in [0.5, 0.6) is 0 Å². The third kappa shape index (κ3) is 3.38. The lowest BCUT2D eigenvalue weighted by Crippen LogP contribution is -2.45. The van der Waals surface area contributed by atoms with E-state index in [9.17, 15) is 4.79 Å². The highest BCUT2D eigenvalue weighted by molar-refractivity contribution is 7.99. The van der Waals surface area contributed by atoms with Crippen LogP contribution in [0.3, 0.4) is 0 Å². The largest absolute Gasteiger partial charge is 0.460 e. The fourth-order valence-electron chi connectivity index (χ4n) is 1.64. The molecule has 0 atom stereocenters. The number of thioether (sulfide) groups is 1. The monoisotopic (exact) mass is 231 g/mol. The van der Waals surface area contributed by atoms with Crippen molar-refractivity contribution in [1.29, 1.82) is 0 Å². The van der Waals surface area contributed by atoms with Gasteiger partial charge in [0.25, 0.3) is 0 Å². The quantitative estimate of drug-likeness (QED) is 0.736. The summed E-state index contributed by atoms with van der Waals surface area (Å²) < 4.78 is 5.44. The molecule has 2 N–H and O–H groups in total. The van der Waals surface area contributed by atoms with Gasteiger partial charge in [-0.05, 0) is 45.1 Å². The molecule has 15 heavy (non-hydrogen) atoms. The number of nitrogens with two attached hydrogens (primary N) is 1. The molecular formula is C11H21NO2S. The smallest absolute Gasteiger partial charge is 0.313 e. The number of hydrogen-bond acceptors (Lipinski definition) is 4. The van der Waals surface area contributed by atoms with Crippen LogP contribution in [0.15, 0.2) is 0 Å². The van der Waals surface area contributed by atoms with Gasteiger partial charge in [0.05, 0.1) is 5.41 Å². The molecule has 0 unspecified atom stereocenters. The van der Waals surface area contributed by atoms with Crippen molar-refractivity contribution in [1.82, 2.24) is 0 Å². The first-order valence-electron chi connectivity index (χ1n) is 5.41. The van der Waals surface area contributed by atoms with Crippen LogP contribution in [0.25, 0.3) is 0 Å². The van der Waals surface area contributed by atoms with Crippen molar-refractivity contribution in [2.24, 2.45) is 11.1 Å². The lowest BCUT2D eigenvalue weighted by molar-refractivity contribution is -0.167. The van der Waals surface area contributed by atoms with Crippen LogP contribution in [-0.4, -0.2) is 29.6 Å². The van der Waals surface area contributed by atoms with Crippen LogP contribution in [0.1, 0.15) is 33.6 Å². The third-order valence-corrected chi connectivity index (χ3v) is 3.66. The van der Waals surface area contributed by atoms with E-state index in [-0.39, 0.29) is 5.97 Å². The average molecular weight is 231 g/mol. The van der Waals surface area contributed by atoms with Crippen LogP contribution in [-0.2, 0) is 9.53 Å². The number of hydrogen-bond donors (Lipinski definition) is 1. The Morgan fingerprint density at radius 2 is 1.93 bits per heavy atom. The summed E-state index contributed by atoms with van der Waals surface area (Å²) in [6, 6.07) is 0. The van der Waals surface area contributed by atoms with Gasteiger partial charge in [-0.2, -0.15) is 11.8 Å². The number of ether oxygens (including phenoxy) is 1. The topological polar surface area (TPSA) is 52.3 Å². The maximum absolute atomic E-state index is 12.1. The van der Waals surface area contributed by atoms with Crippen LogP contribution in [0.2, 0.25) is 0 Å². The molecular weight excluding hydrogens is 210 g/mol. The molecule has 3 nitrogen and oxygen atoms in total. The van der Waals surface area contributed by atoms with E-state index in [1.54, 1.807) is 0 Å². The fourth-order valence-corrected chi connectivity index (χ4v) is 2.91. The molecule has 0 saturated carbocycles. The molecule has 1 rings (SSSR count). The molecule has 0 aromatic rings. The van der Waals surface area contributed by atoms with E-state index in [1.807, 2.05) is 32.5 Å². The van der Waals surface area contributed by atoms with E-state index in [0.29, 0.717) is 6.54 Å². The predicted octanol–water partition coefficient (Wildman–Crippen LogP) is 1.80. The van der Waals surface area contributed by atoms with Crippen molar-refractivity contribution in [3.8, 4) is 0 Å². The molecule has 0 amide bonds. The van der Waals surface area contributed by atoms with Gasteiger partial charge < -0.3 is 10.5 Å². The van der Waals surface area contributed by atoms with Crippen LogP contribution >= 0.6 is 11.8 Å². The van der Waals surface area contributed by atoms with Crippen molar-refractivity contribution in [2.45, 2.75) is 39.2 Å². The summed E-state index contributed by atoms with van der Waals surface area (Å²) in [5, 5.41) is 0. The summed E-state index contributed by atoms with van der Waals surface area (Å²) in [5.41, 5.74) is 4.92. The highest BCUT2D eigenvalue weighted by Crippen LogP contribution is 2.36. The van der Waals surface area contributed by atoms with Gasteiger partial charge in [0.15, 0.2) is 0 Å². The minimum Gasteiger partial charge on any atom is -0.460 e. The van der Waals surface area contributed by atoms with Gasteiger partial charge in [-0.15, -0.1) is 0 Å². The second-order valence-corrected chi connectivity index (χ2v) is 6.32. The van der Waals surface area contributed by atoms with Crippen LogP contribution < -0.4 is 5.73 Å². The van der Waals surface area contributed by atoms with Crippen molar-refractivity contribution < 1.29 is 9.53 Å². The summed E-state index contributed by atoms with van der Waals surface area (Å²) in [6.07, 6.45) is 1.70. The van der Waals surface area contributed by atoms with Crippen molar-refractivity contribution in [3.05, 3.63) is 0 Å². The number of esters is 1. The minimum atomic E-state index is -0.418. The molecule has 0 bridgehead atoms. The van der Waals surface area contributed by atoms with Crippen molar-refractivity contribution in [2.75, 3.05) is 18.1 Å². The molecule has 1 heterocycles. The van der Waals surface area contributed by atoms with E-state index in [1.165, 1.54) is 0 Å². The zero-order chi connectivity index (χ0) is 11.5. The van der Waals surface area contributed by atoms with Gasteiger partial charge in [-0.1, -0.05) is 0 Å². The maximum atomic E-state index is 12.1. The molecule has 1 aliphatic rings. The Morgan fingerprint density at radius 1 is 1.40 bits per heavy atom. The minimum absolute atomic E-state index is 0.113. The normalized spacial score (nSPS) is 21.1. The van der Waals surface area contributed by atoms with E-state index < -0.39 is 11.0 Å². The SMILES string of the molecule is CC(C)(C)OC(=O)C1(CN)CCSCC1. The van der Waals surface area contributed by atoms with E-state index >= 15 is 0 Å². The zero-order valence-electron chi connectivity index (χ0n) is 9.84. The van der Waals surface area contributed by atoms with Crippen LogP contribution in [0.4, 0.5) is 0 Å². The van der Waals surface area contributed by atoms with Gasteiger partial charge >= 0.3 is 5.97 Å². The van der Waals surface area contributed by atoms with Crippen LogP contribution in [0, 0.1) is 5.41 Å². The highest BCUT2D eigenvalue weighted by Gasteiger charge is 2.41. The molecule has 88 valence electrons. The number of rotatable bonds is 2. The Kier molecular flexibility index (Phi) is 4.06. The molecule has 1 saturated heterocycles. The molecule has 1 fully saturated rings. The first kappa shape index (κ1) is 12.8. The number of carbonyl (C=O) groups excluding carboxylic acids is 1. The van der Waals surface area contributed by atoms with Gasteiger partial charge in [0, 0.05) is 6.54 Å². The third-order valence-electron chi connectivity index (χ3n) is 2.67. The highest BCUT2D eigenvalue weighted by atomic mass is 32.2. The van der Waals surface area contributed by atoms with E-state index in [0.717, 1.165) is 24.3 Å². The molecule has 0 aromatic carbocycles. The first-order chi connectivity index (χ1) is 6.90. The molecule has 0 radical (unpaired) electrons. The Labute approximate surface area is 96.1 Å². The van der Waals surface area contributed by atoms with Gasteiger partial charge in [-0.25, -0.2) is 0 Å². The Balaban J connectivity index is 2.68. The Hall–Kier alpha value is -0.220. The maximum Gasteiger partial charge on any atom is 0.313 e. The second kappa shape index (κ2) is 4.74. The molecule has 0 spiro atoms. The predicted molar refractivity (Wildman–Crippen MR) is 63.9 cm³/mol. The lowest BCUT2D eigenvalue weighted by atomic mass is 9.82. The fraction of sp³-hybridized carbons (Fsp3) is 0.909. The average Bonchev–Trinajstić information content (AvgIpc) is 2.16. The summed E-state index contributed by atoms with van der Waals surface area (Å²) in [4.78, 5) is 12.1. The van der Waals surface area contributed by atoms with E-state index in [4.69, 9.17) is 10.5 Å². The molecule has 0 aromatic heterocycles. The van der Waals surface area contributed by atoms with Gasteiger partial charge in [0.1, 0.15) is 5.60 Å². The zero-order valence-corrected chi connectivity index (χ0v) is 10.7. The summed E-state index contributed by atoms with van der Waals surface area (Å²) in [5.74, 6) is 1.91. The van der Waals surface area contributed by atoms with Crippen molar-refractivity contribution >= 4 is 17.7 Å². The Bertz CT molecular complexity index is 229.